The molecule has 0 unspecified atom stereocenters. The van der Waals surface area contributed by atoms with E-state index in [0.29, 0.717) is 34.6 Å². The second kappa shape index (κ2) is 9.03. The number of amides is 3. The Morgan fingerprint density at radius 3 is 2.55 bits per heavy atom. The summed E-state index contributed by atoms with van der Waals surface area (Å²) in [4.78, 5) is 51.7. The van der Waals surface area contributed by atoms with Crippen LogP contribution in [0.1, 0.15) is 12.0 Å². The van der Waals surface area contributed by atoms with E-state index in [9.17, 15) is 24.3 Å². The maximum atomic E-state index is 13.2. The molecule has 0 saturated carbocycles. The standard InChI is InChI=1S/C23H20N2O8/c1-31-16-5-3-15(4-6-16)25-21(27)11-17(23(25)30)24(20(26)8-9-22(28)29)12-14-2-7-18-19(10-14)33-13-32-18/h2-10,17H,11-13H2,1H3,(H,28,29)/p-1/b9-8+/t17-/m1/s1. The van der Waals surface area contributed by atoms with Gasteiger partial charge in [0, 0.05) is 12.6 Å². The zero-order chi connectivity index (χ0) is 23.5. The fourth-order valence-electron chi connectivity index (χ4n) is 3.67. The molecule has 0 aromatic heterocycles. The van der Waals surface area contributed by atoms with Crippen molar-refractivity contribution >= 4 is 29.4 Å². The van der Waals surface area contributed by atoms with E-state index < -0.39 is 29.7 Å². The summed E-state index contributed by atoms with van der Waals surface area (Å²) in [5.41, 5.74) is 0.951. The molecule has 33 heavy (non-hydrogen) atoms. The lowest BCUT2D eigenvalue weighted by atomic mass is 10.1. The Kier molecular flexibility index (Phi) is 5.99. The topological polar surface area (TPSA) is 126 Å². The number of hydrogen-bond donors (Lipinski definition) is 0. The number of methoxy groups -OCH3 is 1. The van der Waals surface area contributed by atoms with Crippen LogP contribution >= 0.6 is 0 Å². The van der Waals surface area contributed by atoms with Crippen molar-refractivity contribution in [3.63, 3.8) is 0 Å². The summed E-state index contributed by atoms with van der Waals surface area (Å²) < 4.78 is 15.7. The molecular formula is C23H19N2O8-. The zero-order valence-corrected chi connectivity index (χ0v) is 17.6. The Bertz CT molecular complexity index is 1140. The lowest BCUT2D eigenvalue weighted by Gasteiger charge is -2.27. The van der Waals surface area contributed by atoms with E-state index in [4.69, 9.17) is 14.2 Å². The van der Waals surface area contributed by atoms with Crippen molar-refractivity contribution in [3.05, 3.63) is 60.2 Å². The average molecular weight is 451 g/mol. The molecule has 0 N–H and O–H groups in total. The van der Waals surface area contributed by atoms with Crippen LogP contribution in [0.15, 0.2) is 54.6 Å². The van der Waals surface area contributed by atoms with Crippen LogP contribution < -0.4 is 24.2 Å². The summed E-state index contributed by atoms with van der Waals surface area (Å²) in [7, 11) is 1.50. The van der Waals surface area contributed by atoms with Crippen LogP contribution in [0.2, 0.25) is 0 Å². The number of imide groups is 1. The highest BCUT2D eigenvalue weighted by atomic mass is 16.7. The number of carboxylic acid groups (broad SMARTS) is 1. The van der Waals surface area contributed by atoms with E-state index in [1.54, 1.807) is 42.5 Å². The number of carbonyl (C=O) groups excluding carboxylic acids is 4. The van der Waals surface area contributed by atoms with Gasteiger partial charge in [-0.25, -0.2) is 4.90 Å². The van der Waals surface area contributed by atoms with Gasteiger partial charge in [0.2, 0.25) is 18.6 Å². The molecule has 3 amide bonds. The molecule has 1 saturated heterocycles. The number of ether oxygens (including phenoxy) is 3. The molecule has 0 spiro atoms. The van der Waals surface area contributed by atoms with Crippen LogP contribution in [-0.4, -0.2) is 48.5 Å². The monoisotopic (exact) mass is 451 g/mol. The van der Waals surface area contributed by atoms with E-state index in [1.807, 2.05) is 0 Å². The Hall–Kier alpha value is -4.34. The lowest BCUT2D eigenvalue weighted by molar-refractivity contribution is -0.297. The summed E-state index contributed by atoms with van der Waals surface area (Å²) in [6.45, 7) is 0.00914. The van der Waals surface area contributed by atoms with Crippen LogP contribution in [0.5, 0.6) is 17.2 Å². The number of aliphatic carboxylic acids is 1. The highest BCUT2D eigenvalue weighted by molar-refractivity contribution is 6.23. The van der Waals surface area contributed by atoms with Gasteiger partial charge in [0.15, 0.2) is 11.5 Å². The van der Waals surface area contributed by atoms with Gasteiger partial charge in [-0.2, -0.15) is 0 Å². The summed E-state index contributed by atoms with van der Waals surface area (Å²) in [5, 5.41) is 10.8. The van der Waals surface area contributed by atoms with Crippen LogP contribution in [0, 0.1) is 0 Å². The Morgan fingerprint density at radius 1 is 1.12 bits per heavy atom. The minimum Gasteiger partial charge on any atom is -0.545 e. The fourth-order valence-corrected chi connectivity index (χ4v) is 3.67. The Labute approximate surface area is 188 Å². The first-order valence-electron chi connectivity index (χ1n) is 9.96. The molecule has 2 aromatic rings. The number of hydrogen-bond acceptors (Lipinski definition) is 8. The normalized spacial score (nSPS) is 17.0. The Balaban J connectivity index is 1.63. The third-order valence-electron chi connectivity index (χ3n) is 5.26. The van der Waals surface area contributed by atoms with E-state index in [1.165, 1.54) is 7.11 Å². The zero-order valence-electron chi connectivity index (χ0n) is 17.6. The molecule has 0 aliphatic carbocycles. The number of rotatable bonds is 7. The molecule has 0 bridgehead atoms. The maximum Gasteiger partial charge on any atom is 0.257 e. The predicted molar refractivity (Wildman–Crippen MR) is 111 cm³/mol. The number of anilines is 1. The van der Waals surface area contributed by atoms with Crippen molar-refractivity contribution in [2.75, 3.05) is 18.8 Å². The van der Waals surface area contributed by atoms with Crippen molar-refractivity contribution < 1.29 is 38.5 Å². The number of fused-ring (bicyclic) bond motifs is 1. The molecule has 1 atom stereocenters. The van der Waals surface area contributed by atoms with Gasteiger partial charge in [0.1, 0.15) is 11.8 Å². The molecule has 2 heterocycles. The molecule has 4 rings (SSSR count). The smallest absolute Gasteiger partial charge is 0.257 e. The molecule has 2 aliphatic rings. The number of carboxylic acids is 1. The van der Waals surface area contributed by atoms with Gasteiger partial charge in [-0.1, -0.05) is 6.07 Å². The van der Waals surface area contributed by atoms with Crippen LogP contribution in [0.25, 0.3) is 0 Å². The molecule has 2 aromatic carbocycles. The average Bonchev–Trinajstić information content (AvgIpc) is 3.39. The van der Waals surface area contributed by atoms with Crippen molar-refractivity contribution in [1.29, 1.82) is 0 Å². The van der Waals surface area contributed by atoms with E-state index in [2.05, 4.69) is 0 Å². The van der Waals surface area contributed by atoms with Gasteiger partial charge in [-0.05, 0) is 48.0 Å². The molecular weight excluding hydrogens is 432 g/mol. The first kappa shape index (κ1) is 21.9. The summed E-state index contributed by atoms with van der Waals surface area (Å²) in [5.74, 6) is -1.80. The highest BCUT2D eigenvalue weighted by Crippen LogP contribution is 2.34. The van der Waals surface area contributed by atoms with Crippen molar-refractivity contribution in [1.82, 2.24) is 4.90 Å². The molecule has 10 heteroatoms. The SMILES string of the molecule is COc1ccc(N2C(=O)C[C@@H](N(Cc3ccc4c(c3)OCO4)C(=O)/C=C/C(=O)[O-])C2=O)cc1. The number of carbonyl (C=O) groups is 4. The minimum atomic E-state index is -1.56. The molecule has 1 fully saturated rings. The molecule has 170 valence electrons. The first-order valence-corrected chi connectivity index (χ1v) is 9.96. The van der Waals surface area contributed by atoms with E-state index >= 15 is 0 Å². The predicted octanol–water partition coefficient (Wildman–Crippen LogP) is 0.391. The van der Waals surface area contributed by atoms with Crippen molar-refractivity contribution in [2.24, 2.45) is 0 Å². The van der Waals surface area contributed by atoms with E-state index in [0.717, 1.165) is 15.9 Å². The van der Waals surface area contributed by atoms with Gasteiger partial charge in [-0.15, -0.1) is 0 Å². The third kappa shape index (κ3) is 4.49. The Morgan fingerprint density at radius 2 is 1.85 bits per heavy atom. The lowest BCUT2D eigenvalue weighted by Crippen LogP contribution is -2.44. The van der Waals surface area contributed by atoms with Crippen molar-refractivity contribution in [2.45, 2.75) is 19.0 Å². The fraction of sp³-hybridized carbons (Fsp3) is 0.217. The van der Waals surface area contributed by atoms with Crippen molar-refractivity contribution in [3.8, 4) is 17.2 Å². The summed E-state index contributed by atoms with van der Waals surface area (Å²) >= 11 is 0. The quantitative estimate of drug-likeness (QED) is 0.437. The highest BCUT2D eigenvalue weighted by Gasteiger charge is 2.44. The molecule has 2 aliphatic heterocycles. The number of benzene rings is 2. The summed E-state index contributed by atoms with van der Waals surface area (Å²) in [6, 6.07) is 10.3. The molecule has 0 radical (unpaired) electrons. The van der Waals surface area contributed by atoms with Gasteiger partial charge in [-0.3, -0.25) is 14.4 Å². The number of nitrogens with zero attached hydrogens (tertiary/aromatic N) is 2. The van der Waals surface area contributed by atoms with Gasteiger partial charge >= 0.3 is 0 Å². The second-order valence-corrected chi connectivity index (χ2v) is 7.29. The minimum absolute atomic E-state index is 0.0625. The maximum absolute atomic E-state index is 13.2. The van der Waals surface area contributed by atoms with Crippen LogP contribution in [0.4, 0.5) is 5.69 Å². The largest absolute Gasteiger partial charge is 0.545 e. The van der Waals surface area contributed by atoms with Gasteiger partial charge in [0.25, 0.3) is 5.91 Å². The second-order valence-electron chi connectivity index (χ2n) is 7.29. The van der Waals surface area contributed by atoms with Gasteiger partial charge < -0.3 is 29.0 Å². The van der Waals surface area contributed by atoms with Crippen LogP contribution in [0.3, 0.4) is 0 Å². The third-order valence-corrected chi connectivity index (χ3v) is 5.26. The van der Waals surface area contributed by atoms with Crippen LogP contribution in [-0.2, 0) is 25.7 Å². The summed E-state index contributed by atoms with van der Waals surface area (Å²) in [6.07, 6.45) is 1.13. The first-order chi connectivity index (χ1) is 15.9. The van der Waals surface area contributed by atoms with E-state index in [-0.39, 0.29) is 19.8 Å². The molecule has 10 nitrogen and oxygen atoms in total. The van der Waals surface area contributed by atoms with Gasteiger partial charge in [0.05, 0.1) is 25.2 Å².